The summed E-state index contributed by atoms with van der Waals surface area (Å²) in [5, 5.41) is 84.5. The monoisotopic (exact) mass is 677 g/mol. The Morgan fingerprint density at radius 3 is 1.85 bits per heavy atom. The molecule has 7 atom stereocenters. The molecule has 0 spiro atoms. The van der Waals surface area contributed by atoms with E-state index in [9.17, 15) is 50.1 Å². The standard InChI is InChI=1S/C29H51N3O12.2Na/c1-2-3-4-5-6-7-8-9-10-11-12-18(27(41)31-19(29(42)43)13-16-23(36)37)30-21(34)14-15-22(35)32-28-26(40)25(39)24(38)20(17-33)44-28;;/h18-20,24-26,28,33,38-40H,2-17H2,1H3,(H,30,34)(H,31,41)(H,32,35)(H,36,37)(H,42,43);;/q;2*+1/p-2/t18-,19+,20-,24-,25+,26-,28-;;/m1../s1. The van der Waals surface area contributed by atoms with Crippen LogP contribution in [0.15, 0.2) is 9.98 Å². The van der Waals surface area contributed by atoms with E-state index in [-0.39, 0.29) is 72.0 Å². The fourth-order valence-electron chi connectivity index (χ4n) is 4.72. The Morgan fingerprint density at radius 1 is 0.783 bits per heavy atom. The topological polar surface area (TPSA) is 265 Å². The number of rotatable bonds is 23. The maximum atomic E-state index is 12.9. The summed E-state index contributed by atoms with van der Waals surface area (Å²) in [7, 11) is 0. The van der Waals surface area contributed by atoms with Gasteiger partial charge in [-0.25, -0.2) is 4.79 Å². The molecule has 0 aliphatic carbocycles. The molecular weight excluding hydrogens is 628 g/mol. The third-order valence-corrected chi connectivity index (χ3v) is 7.39. The second-order valence-corrected chi connectivity index (χ2v) is 11.1. The van der Waals surface area contributed by atoms with Crippen molar-refractivity contribution in [3.63, 3.8) is 0 Å². The summed E-state index contributed by atoms with van der Waals surface area (Å²) < 4.78 is 5.15. The summed E-state index contributed by atoms with van der Waals surface area (Å²) in [4.78, 5) is 42.9. The molecule has 1 aliphatic rings. The Balaban J connectivity index is 0. The number of carboxylic acids is 2. The first kappa shape index (κ1) is 47.3. The van der Waals surface area contributed by atoms with Crippen LogP contribution in [-0.4, -0.2) is 110 Å². The van der Waals surface area contributed by atoms with Gasteiger partial charge in [-0.15, -0.1) is 0 Å². The molecule has 254 valence electrons. The molecule has 7 N–H and O–H groups in total. The molecule has 1 rings (SSSR count). The van der Waals surface area contributed by atoms with Crippen molar-refractivity contribution >= 4 is 29.6 Å². The molecule has 0 radical (unpaired) electrons. The van der Waals surface area contributed by atoms with Crippen LogP contribution in [0.2, 0.25) is 0 Å². The predicted octanol–water partition coefficient (Wildman–Crippen LogP) is -6.79. The first-order valence-electron chi connectivity index (χ1n) is 15.4. The summed E-state index contributed by atoms with van der Waals surface area (Å²) >= 11 is 0. The van der Waals surface area contributed by atoms with E-state index in [1.54, 1.807) is 0 Å². The number of carbonyl (C=O) groups is 3. The normalized spacial score (nSPS) is 23.0. The van der Waals surface area contributed by atoms with Crippen LogP contribution in [0, 0.1) is 0 Å². The number of aliphatic hydroxyl groups is 4. The number of ether oxygens (including phenoxy) is 1. The average Bonchev–Trinajstić information content (AvgIpc) is 2.98. The van der Waals surface area contributed by atoms with E-state index in [1.165, 1.54) is 25.7 Å². The van der Waals surface area contributed by atoms with E-state index in [4.69, 9.17) is 9.84 Å². The molecule has 0 bridgehead atoms. The zero-order chi connectivity index (χ0) is 33.1. The average molecular weight is 678 g/mol. The van der Waals surface area contributed by atoms with E-state index in [0.29, 0.717) is 6.42 Å². The number of nitrogens with one attached hydrogen (secondary N) is 1. The van der Waals surface area contributed by atoms with Crippen LogP contribution in [0.5, 0.6) is 0 Å². The molecule has 1 aliphatic heterocycles. The van der Waals surface area contributed by atoms with Crippen molar-refractivity contribution in [1.82, 2.24) is 5.32 Å². The minimum atomic E-state index is -1.76. The second-order valence-electron chi connectivity index (χ2n) is 11.1. The van der Waals surface area contributed by atoms with Gasteiger partial charge in [-0.3, -0.25) is 19.6 Å². The van der Waals surface area contributed by atoms with Gasteiger partial charge in [0.25, 0.3) is 0 Å². The third-order valence-electron chi connectivity index (χ3n) is 7.39. The molecule has 1 amide bonds. The SMILES string of the molecule is CCCCCCCCCCCC[C@@H](N=C([O-])CCC([O-])=N[C@@H]1O[C@H](CO)[C@@H](O)[C@H](O)[C@H]1O)C(=O)N[C@@H](CCC(=O)O)C(=O)O.[Na+].[Na+]. The molecular formula is C29H49N3Na2O12. The van der Waals surface area contributed by atoms with Gasteiger partial charge in [-0.05, 0) is 37.5 Å². The Bertz CT molecular complexity index is 941. The van der Waals surface area contributed by atoms with Crippen LogP contribution >= 0.6 is 0 Å². The van der Waals surface area contributed by atoms with Gasteiger partial charge in [0.05, 0.1) is 6.61 Å². The fraction of sp³-hybridized carbons (Fsp3) is 0.828. The Labute approximate surface area is 314 Å². The summed E-state index contributed by atoms with van der Waals surface area (Å²) in [6.45, 7) is 1.46. The van der Waals surface area contributed by atoms with Gasteiger partial charge in [0.15, 0.2) is 6.23 Å². The number of aliphatic carboxylic acids is 2. The molecule has 1 saturated heterocycles. The smallest absolute Gasteiger partial charge is 0.862 e. The number of aliphatic imine (C=N–C) groups is 2. The minimum absolute atomic E-state index is 0. The van der Waals surface area contributed by atoms with Crippen LogP contribution < -0.4 is 74.6 Å². The molecule has 0 unspecified atom stereocenters. The van der Waals surface area contributed by atoms with Gasteiger partial charge in [0.2, 0.25) is 5.91 Å². The summed E-state index contributed by atoms with van der Waals surface area (Å²) in [5.74, 6) is -5.22. The zero-order valence-electron chi connectivity index (χ0n) is 27.4. The summed E-state index contributed by atoms with van der Waals surface area (Å²) in [6.07, 6.45) is 0.706. The molecule has 0 aromatic heterocycles. The molecule has 0 aromatic rings. The predicted molar refractivity (Wildman–Crippen MR) is 155 cm³/mol. The largest absolute Gasteiger partial charge is 1.00 e. The van der Waals surface area contributed by atoms with Crippen LogP contribution in [-0.2, 0) is 19.1 Å². The van der Waals surface area contributed by atoms with Crippen molar-refractivity contribution < 1.29 is 119 Å². The van der Waals surface area contributed by atoms with Crippen LogP contribution in [0.25, 0.3) is 0 Å². The minimum Gasteiger partial charge on any atom is -0.862 e. The van der Waals surface area contributed by atoms with Crippen molar-refractivity contribution in [1.29, 1.82) is 0 Å². The Kier molecular flexibility index (Phi) is 27.8. The molecule has 15 nitrogen and oxygen atoms in total. The van der Waals surface area contributed by atoms with E-state index >= 15 is 0 Å². The molecule has 46 heavy (non-hydrogen) atoms. The van der Waals surface area contributed by atoms with E-state index in [2.05, 4.69) is 22.2 Å². The summed E-state index contributed by atoms with van der Waals surface area (Å²) in [6, 6.07) is -2.74. The maximum Gasteiger partial charge on any atom is 1.00 e. The molecule has 0 aromatic carbocycles. The van der Waals surface area contributed by atoms with E-state index < -0.39 is 98.2 Å². The van der Waals surface area contributed by atoms with Crippen LogP contribution in [0.4, 0.5) is 0 Å². The Morgan fingerprint density at radius 2 is 1.33 bits per heavy atom. The van der Waals surface area contributed by atoms with E-state index in [0.717, 1.165) is 32.1 Å². The van der Waals surface area contributed by atoms with Gasteiger partial charge in [0, 0.05) is 6.42 Å². The number of aliphatic hydroxyl groups excluding tert-OH is 4. The van der Waals surface area contributed by atoms with E-state index in [1.807, 2.05) is 0 Å². The first-order valence-corrected chi connectivity index (χ1v) is 15.4. The number of hydrogen-bond acceptors (Lipinski definition) is 12. The number of carboxylic acid groups (broad SMARTS) is 2. The number of hydrogen-bond donors (Lipinski definition) is 7. The molecule has 0 saturated carbocycles. The van der Waals surface area contributed by atoms with Gasteiger partial charge in [0.1, 0.15) is 36.5 Å². The van der Waals surface area contributed by atoms with Crippen molar-refractivity contribution in [2.45, 2.75) is 146 Å². The van der Waals surface area contributed by atoms with Gasteiger partial charge in [-0.1, -0.05) is 71.1 Å². The van der Waals surface area contributed by atoms with Crippen molar-refractivity contribution in [3.05, 3.63) is 0 Å². The summed E-state index contributed by atoms with van der Waals surface area (Å²) in [5.41, 5.74) is 0. The van der Waals surface area contributed by atoms with Gasteiger partial charge >= 0.3 is 71.1 Å². The molecule has 1 fully saturated rings. The Hall–Kier alpha value is -0.850. The van der Waals surface area contributed by atoms with Crippen molar-refractivity contribution in [2.75, 3.05) is 6.61 Å². The van der Waals surface area contributed by atoms with Crippen LogP contribution in [0.1, 0.15) is 103 Å². The van der Waals surface area contributed by atoms with Gasteiger partial charge < -0.3 is 50.9 Å². The number of carbonyl (C=O) groups excluding carboxylic acids is 1. The third kappa shape index (κ3) is 19.2. The van der Waals surface area contributed by atoms with Crippen molar-refractivity contribution in [2.24, 2.45) is 9.98 Å². The van der Waals surface area contributed by atoms with Gasteiger partial charge in [-0.2, -0.15) is 0 Å². The molecule has 17 heteroatoms. The van der Waals surface area contributed by atoms with Crippen LogP contribution in [0.3, 0.4) is 0 Å². The number of amides is 1. The number of nitrogens with zero attached hydrogens (tertiary/aromatic N) is 2. The first-order chi connectivity index (χ1) is 20.9. The fourth-order valence-corrected chi connectivity index (χ4v) is 4.72. The quantitative estimate of drug-likeness (QED) is 0.0230. The maximum absolute atomic E-state index is 12.9. The second kappa shape index (κ2) is 27.0. The zero-order valence-corrected chi connectivity index (χ0v) is 31.4. The van der Waals surface area contributed by atoms with Crippen molar-refractivity contribution in [3.8, 4) is 0 Å². The number of unbranched alkanes of at least 4 members (excludes halogenated alkanes) is 9. The molecule has 1 heterocycles.